The molecular weight excluding hydrogens is 308 g/mol. The van der Waals surface area contributed by atoms with E-state index in [0.717, 1.165) is 5.56 Å². The van der Waals surface area contributed by atoms with E-state index in [4.69, 9.17) is 16.2 Å². The fraction of sp³-hybridized carbons (Fsp3) is 0.0714. The fourth-order valence-electron chi connectivity index (χ4n) is 1.60. The third-order valence-corrected chi connectivity index (χ3v) is 3.20. The number of benzene rings is 2. The molecule has 0 aliphatic heterocycles. The van der Waals surface area contributed by atoms with Crippen molar-refractivity contribution in [2.24, 2.45) is 11.5 Å². The molecule has 2 rings (SSSR count). The quantitative estimate of drug-likeness (QED) is 0.909. The second-order valence-electron chi connectivity index (χ2n) is 3.96. The van der Waals surface area contributed by atoms with E-state index in [1.54, 1.807) is 18.2 Å². The number of amides is 1. The van der Waals surface area contributed by atoms with Gasteiger partial charge in [0.2, 0.25) is 5.91 Å². The van der Waals surface area contributed by atoms with Crippen molar-refractivity contribution in [1.29, 1.82) is 0 Å². The Hall–Kier alpha value is -1.85. The molecule has 4 N–H and O–H groups in total. The summed E-state index contributed by atoms with van der Waals surface area (Å²) in [4.78, 5) is 11.1. The van der Waals surface area contributed by atoms with E-state index in [1.807, 2.05) is 24.3 Å². The predicted molar refractivity (Wildman–Crippen MR) is 77.1 cm³/mol. The van der Waals surface area contributed by atoms with Crippen molar-refractivity contribution < 1.29 is 9.53 Å². The first-order chi connectivity index (χ1) is 9.10. The third-order valence-electron chi connectivity index (χ3n) is 2.58. The lowest BCUT2D eigenvalue weighted by Crippen LogP contribution is -2.10. The number of halogens is 1. The minimum Gasteiger partial charge on any atom is -0.456 e. The molecule has 0 aliphatic carbocycles. The van der Waals surface area contributed by atoms with Crippen LogP contribution >= 0.6 is 15.9 Å². The number of nitrogens with two attached hydrogens (primary N) is 2. The lowest BCUT2D eigenvalue weighted by atomic mass is 10.2. The van der Waals surface area contributed by atoms with Crippen LogP contribution in [0.4, 0.5) is 0 Å². The average molecular weight is 321 g/mol. The molecule has 0 unspecified atom stereocenters. The summed E-state index contributed by atoms with van der Waals surface area (Å²) < 4.78 is 6.40. The molecule has 2 aromatic rings. The highest BCUT2D eigenvalue weighted by atomic mass is 79.9. The van der Waals surface area contributed by atoms with Gasteiger partial charge in [-0.25, -0.2) is 0 Å². The van der Waals surface area contributed by atoms with E-state index in [9.17, 15) is 4.79 Å². The standard InChI is InChI=1S/C14H13BrN2O2/c15-12-7-10(14(17)18)4-5-13(12)19-11-3-1-2-9(6-11)8-16/h1-7H,8,16H2,(H2,17,18). The molecule has 0 atom stereocenters. The molecule has 0 spiro atoms. The van der Waals surface area contributed by atoms with Crippen molar-refractivity contribution in [3.63, 3.8) is 0 Å². The Bertz CT molecular complexity index is 614. The van der Waals surface area contributed by atoms with E-state index in [-0.39, 0.29) is 0 Å². The SMILES string of the molecule is NCc1cccc(Oc2ccc(C(N)=O)cc2Br)c1. The van der Waals surface area contributed by atoms with Crippen LogP contribution in [-0.2, 0) is 6.54 Å². The van der Waals surface area contributed by atoms with Gasteiger partial charge < -0.3 is 16.2 Å². The second-order valence-corrected chi connectivity index (χ2v) is 4.82. The highest BCUT2D eigenvalue weighted by Gasteiger charge is 2.07. The van der Waals surface area contributed by atoms with E-state index in [0.29, 0.717) is 28.1 Å². The zero-order chi connectivity index (χ0) is 13.8. The average Bonchev–Trinajstić information content (AvgIpc) is 2.41. The molecule has 5 heteroatoms. The first-order valence-corrected chi connectivity index (χ1v) is 6.45. The van der Waals surface area contributed by atoms with Crippen LogP contribution in [0.1, 0.15) is 15.9 Å². The summed E-state index contributed by atoms with van der Waals surface area (Å²) in [5.41, 5.74) is 12.2. The Morgan fingerprint density at radius 1 is 1.21 bits per heavy atom. The van der Waals surface area contributed by atoms with Crippen molar-refractivity contribution in [3.8, 4) is 11.5 Å². The molecule has 0 saturated heterocycles. The molecule has 2 aromatic carbocycles. The van der Waals surface area contributed by atoms with Gasteiger partial charge in [-0.3, -0.25) is 4.79 Å². The minimum absolute atomic E-state index is 0.426. The number of ether oxygens (including phenoxy) is 1. The molecule has 0 aliphatic rings. The first kappa shape index (κ1) is 13.6. The van der Waals surface area contributed by atoms with Crippen LogP contribution < -0.4 is 16.2 Å². The number of rotatable bonds is 4. The molecule has 98 valence electrons. The predicted octanol–water partition coefficient (Wildman–Crippen LogP) is 2.80. The summed E-state index contributed by atoms with van der Waals surface area (Å²) in [5.74, 6) is 0.826. The Labute approximate surface area is 119 Å². The smallest absolute Gasteiger partial charge is 0.248 e. The van der Waals surface area contributed by atoms with Gasteiger partial charge in [0, 0.05) is 12.1 Å². The largest absolute Gasteiger partial charge is 0.456 e. The van der Waals surface area contributed by atoms with Crippen LogP contribution in [0.3, 0.4) is 0 Å². The molecule has 0 heterocycles. The zero-order valence-electron chi connectivity index (χ0n) is 10.1. The summed E-state index contributed by atoms with van der Waals surface area (Å²) in [6, 6.07) is 12.5. The topological polar surface area (TPSA) is 78.3 Å². The van der Waals surface area contributed by atoms with Crippen molar-refractivity contribution >= 4 is 21.8 Å². The highest BCUT2D eigenvalue weighted by molar-refractivity contribution is 9.10. The van der Waals surface area contributed by atoms with Gasteiger partial charge in [0.15, 0.2) is 0 Å². The summed E-state index contributed by atoms with van der Waals surface area (Å²) in [7, 11) is 0. The highest BCUT2D eigenvalue weighted by Crippen LogP contribution is 2.30. The molecule has 0 radical (unpaired) electrons. The van der Waals surface area contributed by atoms with Gasteiger partial charge in [-0.2, -0.15) is 0 Å². The number of carbonyl (C=O) groups excluding carboxylic acids is 1. The zero-order valence-corrected chi connectivity index (χ0v) is 11.7. The number of hydrogen-bond donors (Lipinski definition) is 2. The van der Waals surface area contributed by atoms with Crippen LogP contribution in [0.25, 0.3) is 0 Å². The summed E-state index contributed by atoms with van der Waals surface area (Å²) >= 11 is 3.35. The summed E-state index contributed by atoms with van der Waals surface area (Å²) in [6.45, 7) is 0.457. The molecule has 1 amide bonds. The fourth-order valence-corrected chi connectivity index (χ4v) is 2.06. The lowest BCUT2D eigenvalue weighted by Gasteiger charge is -2.09. The molecule has 4 nitrogen and oxygen atoms in total. The minimum atomic E-state index is -0.475. The number of hydrogen-bond acceptors (Lipinski definition) is 3. The van der Waals surface area contributed by atoms with E-state index >= 15 is 0 Å². The van der Waals surface area contributed by atoms with E-state index in [2.05, 4.69) is 15.9 Å². The Morgan fingerprint density at radius 3 is 2.63 bits per heavy atom. The molecule has 0 bridgehead atoms. The second kappa shape index (κ2) is 5.86. The van der Waals surface area contributed by atoms with Gasteiger partial charge in [-0.1, -0.05) is 12.1 Å². The van der Waals surface area contributed by atoms with E-state index < -0.39 is 5.91 Å². The maximum Gasteiger partial charge on any atom is 0.248 e. The van der Waals surface area contributed by atoms with Crippen molar-refractivity contribution in [2.75, 3.05) is 0 Å². The monoisotopic (exact) mass is 320 g/mol. The van der Waals surface area contributed by atoms with Gasteiger partial charge in [-0.15, -0.1) is 0 Å². The Balaban J connectivity index is 2.25. The van der Waals surface area contributed by atoms with Crippen LogP contribution in [0.5, 0.6) is 11.5 Å². The summed E-state index contributed by atoms with van der Waals surface area (Å²) in [6.07, 6.45) is 0. The first-order valence-electron chi connectivity index (χ1n) is 5.66. The van der Waals surface area contributed by atoms with Crippen LogP contribution in [0, 0.1) is 0 Å². The van der Waals surface area contributed by atoms with Crippen molar-refractivity contribution in [3.05, 3.63) is 58.1 Å². The van der Waals surface area contributed by atoms with Crippen molar-refractivity contribution in [2.45, 2.75) is 6.54 Å². The Kier molecular flexibility index (Phi) is 4.19. The van der Waals surface area contributed by atoms with Gasteiger partial charge >= 0.3 is 0 Å². The number of primary amides is 1. The maximum atomic E-state index is 11.1. The molecule has 0 aromatic heterocycles. The van der Waals surface area contributed by atoms with Gasteiger partial charge in [-0.05, 0) is 51.8 Å². The number of carbonyl (C=O) groups is 1. The van der Waals surface area contributed by atoms with E-state index in [1.165, 1.54) is 0 Å². The lowest BCUT2D eigenvalue weighted by molar-refractivity contribution is 0.1000. The maximum absolute atomic E-state index is 11.1. The van der Waals surface area contributed by atoms with Crippen molar-refractivity contribution in [1.82, 2.24) is 0 Å². The van der Waals surface area contributed by atoms with Crippen LogP contribution in [-0.4, -0.2) is 5.91 Å². The van der Waals surface area contributed by atoms with Gasteiger partial charge in [0.25, 0.3) is 0 Å². The molecule has 0 fully saturated rings. The molecule has 19 heavy (non-hydrogen) atoms. The van der Waals surface area contributed by atoms with Crippen LogP contribution in [0.15, 0.2) is 46.9 Å². The van der Waals surface area contributed by atoms with Gasteiger partial charge in [0.05, 0.1) is 4.47 Å². The van der Waals surface area contributed by atoms with Gasteiger partial charge in [0.1, 0.15) is 11.5 Å². The Morgan fingerprint density at radius 2 is 2.00 bits per heavy atom. The van der Waals surface area contributed by atoms with Crippen LogP contribution in [0.2, 0.25) is 0 Å². The summed E-state index contributed by atoms with van der Waals surface area (Å²) in [5, 5.41) is 0. The third kappa shape index (κ3) is 3.33. The normalized spacial score (nSPS) is 10.2. The molecular formula is C14H13BrN2O2. The molecule has 0 saturated carbocycles.